The average molecular weight is 366 g/mol. The molecule has 0 bridgehead atoms. The van der Waals surface area contributed by atoms with Gasteiger partial charge >= 0.3 is 0 Å². The third kappa shape index (κ3) is 3.61. The Morgan fingerprint density at radius 1 is 1.30 bits per heavy atom. The molecule has 1 atom stereocenters. The molecule has 0 radical (unpaired) electrons. The highest BCUT2D eigenvalue weighted by atomic mass is 16.3. The molecule has 1 aliphatic rings. The number of hydrogen-bond donors (Lipinski definition) is 2. The molecule has 2 N–H and O–H groups in total. The fourth-order valence-corrected chi connectivity index (χ4v) is 3.54. The molecule has 0 spiro atoms. The van der Waals surface area contributed by atoms with Gasteiger partial charge in [-0.05, 0) is 24.3 Å². The number of amides is 1. The van der Waals surface area contributed by atoms with Gasteiger partial charge in [0.15, 0.2) is 5.69 Å². The summed E-state index contributed by atoms with van der Waals surface area (Å²) in [5.74, 6) is 0.664. The van der Waals surface area contributed by atoms with Crippen LogP contribution in [0.15, 0.2) is 42.7 Å². The van der Waals surface area contributed by atoms with E-state index in [1.807, 2.05) is 24.4 Å². The third-order valence-electron chi connectivity index (χ3n) is 4.86. The predicted octanol–water partition coefficient (Wildman–Crippen LogP) is 1.39. The zero-order valence-electron chi connectivity index (χ0n) is 15.0. The van der Waals surface area contributed by atoms with Crippen LogP contribution in [0.1, 0.15) is 29.4 Å². The van der Waals surface area contributed by atoms with Crippen molar-refractivity contribution in [3.05, 3.63) is 48.4 Å². The van der Waals surface area contributed by atoms with E-state index in [0.717, 1.165) is 37.1 Å². The zero-order valence-corrected chi connectivity index (χ0v) is 15.0. The molecule has 1 unspecified atom stereocenters. The maximum Gasteiger partial charge on any atom is 0.273 e. The summed E-state index contributed by atoms with van der Waals surface area (Å²) in [6.07, 6.45) is 5.52. The van der Waals surface area contributed by atoms with Gasteiger partial charge in [-0.3, -0.25) is 4.79 Å². The van der Waals surface area contributed by atoms with Gasteiger partial charge in [-0.1, -0.05) is 29.5 Å². The number of aliphatic hydroxyl groups is 1. The fourth-order valence-electron chi connectivity index (χ4n) is 3.54. The molecule has 140 valence electrons. The monoisotopic (exact) mass is 366 g/mol. The Labute approximate surface area is 156 Å². The lowest BCUT2D eigenvalue weighted by Gasteiger charge is -2.34. The molecule has 0 saturated carbocycles. The Bertz CT molecular complexity index is 935. The van der Waals surface area contributed by atoms with Crippen LogP contribution < -0.4 is 10.2 Å². The van der Waals surface area contributed by atoms with E-state index in [9.17, 15) is 4.79 Å². The summed E-state index contributed by atoms with van der Waals surface area (Å²) in [7, 11) is 0. The molecule has 8 heteroatoms. The van der Waals surface area contributed by atoms with Crippen LogP contribution in [0.2, 0.25) is 0 Å². The van der Waals surface area contributed by atoms with Crippen molar-refractivity contribution < 1.29 is 9.90 Å². The molecular weight excluding hydrogens is 344 g/mol. The lowest BCUT2D eigenvalue weighted by Crippen LogP contribution is -2.37. The molecule has 2 aromatic heterocycles. The molecule has 0 aliphatic carbocycles. The first kappa shape index (κ1) is 17.4. The summed E-state index contributed by atoms with van der Waals surface area (Å²) in [5, 5.41) is 21.9. The molecule has 8 nitrogen and oxygen atoms in total. The number of hydrogen-bond acceptors (Lipinski definition) is 6. The smallest absolute Gasteiger partial charge is 0.273 e. The maximum absolute atomic E-state index is 12.0. The largest absolute Gasteiger partial charge is 0.395 e. The second kappa shape index (κ2) is 7.71. The number of nitrogens with zero attached hydrogens (tertiary/aromatic N) is 5. The first-order valence-corrected chi connectivity index (χ1v) is 9.16. The first-order valence-electron chi connectivity index (χ1n) is 9.16. The van der Waals surface area contributed by atoms with Crippen molar-refractivity contribution in [2.75, 3.05) is 31.1 Å². The van der Waals surface area contributed by atoms with Crippen molar-refractivity contribution in [2.24, 2.45) is 0 Å². The van der Waals surface area contributed by atoms with Crippen molar-refractivity contribution >= 4 is 22.5 Å². The molecule has 4 rings (SSSR count). The van der Waals surface area contributed by atoms with Crippen molar-refractivity contribution in [2.45, 2.75) is 18.9 Å². The highest BCUT2D eigenvalue weighted by Crippen LogP contribution is 2.29. The van der Waals surface area contributed by atoms with Crippen molar-refractivity contribution in [3.8, 4) is 0 Å². The van der Waals surface area contributed by atoms with E-state index >= 15 is 0 Å². The number of rotatable bonds is 5. The van der Waals surface area contributed by atoms with Gasteiger partial charge in [-0.2, -0.15) is 0 Å². The van der Waals surface area contributed by atoms with E-state index in [-0.39, 0.29) is 30.8 Å². The standard InChI is InChI=1S/C19H22N6O2/c26-11-9-21-19(27)17-13-25(23-22-17)15-5-3-10-24(12-15)18-16-6-2-1-4-14(16)7-8-20-18/h1-2,4,6-8,13,15,26H,3,5,9-12H2,(H,21,27). The number of benzene rings is 1. The molecule has 1 fully saturated rings. The van der Waals surface area contributed by atoms with Gasteiger partial charge in [0, 0.05) is 31.2 Å². The van der Waals surface area contributed by atoms with Crippen molar-refractivity contribution in [3.63, 3.8) is 0 Å². The quantitative estimate of drug-likeness (QED) is 0.708. The van der Waals surface area contributed by atoms with Crippen LogP contribution in [0.5, 0.6) is 0 Å². The average Bonchev–Trinajstić information content (AvgIpc) is 3.22. The van der Waals surface area contributed by atoms with E-state index in [4.69, 9.17) is 5.11 Å². The summed E-state index contributed by atoms with van der Waals surface area (Å²) in [6.45, 7) is 1.81. The van der Waals surface area contributed by atoms with Crippen LogP contribution in [-0.4, -0.2) is 57.2 Å². The molecule has 3 heterocycles. The second-order valence-electron chi connectivity index (χ2n) is 6.66. The number of nitrogens with one attached hydrogen (secondary N) is 1. The van der Waals surface area contributed by atoms with E-state index in [0.29, 0.717) is 0 Å². The summed E-state index contributed by atoms with van der Waals surface area (Å²) in [4.78, 5) is 18.9. The third-order valence-corrected chi connectivity index (χ3v) is 4.86. The normalized spacial score (nSPS) is 17.2. The Balaban J connectivity index is 1.53. The maximum atomic E-state index is 12.0. The fraction of sp³-hybridized carbons (Fsp3) is 0.368. The number of pyridine rings is 1. The minimum Gasteiger partial charge on any atom is -0.395 e. The lowest BCUT2D eigenvalue weighted by molar-refractivity contribution is 0.0939. The number of piperidine rings is 1. The minimum atomic E-state index is -0.321. The highest BCUT2D eigenvalue weighted by Gasteiger charge is 2.25. The van der Waals surface area contributed by atoms with Gasteiger partial charge < -0.3 is 15.3 Å². The molecule has 1 aromatic carbocycles. The Hall–Kier alpha value is -3.00. The number of aliphatic hydroxyl groups excluding tert-OH is 1. The number of fused-ring (bicyclic) bond motifs is 1. The molecule has 27 heavy (non-hydrogen) atoms. The predicted molar refractivity (Wildman–Crippen MR) is 102 cm³/mol. The van der Waals surface area contributed by atoms with Gasteiger partial charge in [0.2, 0.25) is 0 Å². The van der Waals surface area contributed by atoms with Crippen molar-refractivity contribution in [1.29, 1.82) is 0 Å². The number of carbonyl (C=O) groups excluding carboxylic acids is 1. The Morgan fingerprint density at radius 2 is 2.19 bits per heavy atom. The van der Waals surface area contributed by atoms with Crippen LogP contribution in [0.3, 0.4) is 0 Å². The zero-order chi connectivity index (χ0) is 18.6. The highest BCUT2D eigenvalue weighted by molar-refractivity contribution is 5.92. The number of anilines is 1. The Morgan fingerprint density at radius 3 is 3.07 bits per heavy atom. The summed E-state index contributed by atoms with van der Waals surface area (Å²) >= 11 is 0. The topological polar surface area (TPSA) is 96.2 Å². The van der Waals surface area contributed by atoms with E-state index in [1.54, 1.807) is 10.9 Å². The molecule has 3 aromatic rings. The van der Waals surface area contributed by atoms with Crippen molar-refractivity contribution in [1.82, 2.24) is 25.3 Å². The van der Waals surface area contributed by atoms with Crippen LogP contribution in [0, 0.1) is 0 Å². The van der Waals surface area contributed by atoms with E-state index in [1.165, 1.54) is 5.39 Å². The van der Waals surface area contributed by atoms with Crippen LogP contribution in [-0.2, 0) is 0 Å². The number of carbonyl (C=O) groups is 1. The van der Waals surface area contributed by atoms with Crippen LogP contribution in [0.4, 0.5) is 5.82 Å². The van der Waals surface area contributed by atoms with Gasteiger partial charge in [-0.15, -0.1) is 5.10 Å². The minimum absolute atomic E-state index is 0.102. The molecule has 1 amide bonds. The molecule has 1 saturated heterocycles. The second-order valence-corrected chi connectivity index (χ2v) is 6.66. The van der Waals surface area contributed by atoms with Gasteiger partial charge in [0.05, 0.1) is 18.8 Å². The lowest BCUT2D eigenvalue weighted by atomic mass is 10.0. The summed E-state index contributed by atoms with van der Waals surface area (Å²) < 4.78 is 1.77. The van der Waals surface area contributed by atoms with Crippen LogP contribution >= 0.6 is 0 Å². The molecule has 1 aliphatic heterocycles. The van der Waals surface area contributed by atoms with E-state index < -0.39 is 0 Å². The summed E-state index contributed by atoms with van der Waals surface area (Å²) in [6, 6.07) is 10.4. The summed E-state index contributed by atoms with van der Waals surface area (Å²) in [5.41, 5.74) is 0.267. The first-order chi connectivity index (χ1) is 13.3. The van der Waals surface area contributed by atoms with Crippen LogP contribution in [0.25, 0.3) is 10.8 Å². The Kier molecular flexibility index (Phi) is 4.97. The van der Waals surface area contributed by atoms with Gasteiger partial charge in [0.25, 0.3) is 5.91 Å². The SMILES string of the molecule is O=C(NCCO)c1cn(C2CCCN(c3nccc4ccccc34)C2)nn1. The molecular formula is C19H22N6O2. The van der Waals surface area contributed by atoms with Gasteiger partial charge in [0.1, 0.15) is 5.82 Å². The number of aromatic nitrogens is 4. The van der Waals surface area contributed by atoms with Gasteiger partial charge in [-0.25, -0.2) is 9.67 Å². The van der Waals surface area contributed by atoms with E-state index in [2.05, 4.69) is 37.6 Å².